The molecule has 0 amide bonds. The number of hydrogen-bond acceptors (Lipinski definition) is 6. The first-order chi connectivity index (χ1) is 15.0. The molecule has 31 heavy (non-hydrogen) atoms. The van der Waals surface area contributed by atoms with Gasteiger partial charge in [-0.05, 0) is 55.5 Å². The maximum absolute atomic E-state index is 13.3. The van der Waals surface area contributed by atoms with Crippen molar-refractivity contribution in [1.82, 2.24) is 0 Å². The average molecular weight is 414 g/mol. The lowest BCUT2D eigenvalue weighted by molar-refractivity contribution is -0.135. The first kappa shape index (κ1) is 18.1. The van der Waals surface area contributed by atoms with Crippen LogP contribution in [0.5, 0.6) is 5.75 Å². The quantitative estimate of drug-likeness (QED) is 0.264. The highest BCUT2D eigenvalue weighted by Gasteiger charge is 2.36. The molecule has 3 heterocycles. The van der Waals surface area contributed by atoms with Crippen LogP contribution < -0.4 is 15.8 Å². The summed E-state index contributed by atoms with van der Waals surface area (Å²) in [4.78, 5) is 38.3. The molecule has 1 aliphatic carbocycles. The molecule has 0 fully saturated rings. The Morgan fingerprint density at radius 3 is 2.68 bits per heavy atom. The largest absolute Gasteiger partial charge is 0.464 e. The van der Waals surface area contributed by atoms with Gasteiger partial charge in [-0.15, -0.1) is 0 Å². The Labute approximate surface area is 176 Å². The number of ether oxygens (including phenoxy) is 1. The van der Waals surface area contributed by atoms with Gasteiger partial charge in [-0.25, -0.2) is 4.79 Å². The number of carbonyl (C=O) groups is 1. The van der Waals surface area contributed by atoms with E-state index in [4.69, 9.17) is 13.6 Å². The van der Waals surface area contributed by atoms with Crippen molar-refractivity contribution >= 4 is 27.9 Å². The molecule has 2 aromatic heterocycles. The van der Waals surface area contributed by atoms with Gasteiger partial charge in [0.1, 0.15) is 16.9 Å². The number of para-hydroxylation sites is 1. The number of rotatable bonds is 1. The van der Waals surface area contributed by atoms with E-state index in [-0.39, 0.29) is 17.5 Å². The fourth-order valence-corrected chi connectivity index (χ4v) is 5.11. The van der Waals surface area contributed by atoms with E-state index in [2.05, 4.69) is 0 Å². The van der Waals surface area contributed by atoms with E-state index in [1.807, 2.05) is 19.1 Å². The van der Waals surface area contributed by atoms with Crippen LogP contribution in [0.3, 0.4) is 0 Å². The van der Waals surface area contributed by atoms with Crippen LogP contribution in [-0.2, 0) is 17.6 Å². The van der Waals surface area contributed by atoms with E-state index in [1.165, 1.54) is 6.26 Å². The fourth-order valence-electron chi connectivity index (χ4n) is 5.11. The van der Waals surface area contributed by atoms with Crippen LogP contribution in [0, 0.1) is 6.92 Å². The molecule has 0 N–H and O–H groups in total. The topological polar surface area (TPSA) is 86.7 Å². The second-order valence-corrected chi connectivity index (χ2v) is 8.26. The van der Waals surface area contributed by atoms with E-state index in [0.29, 0.717) is 45.2 Å². The molecule has 0 bridgehead atoms. The molecule has 6 rings (SSSR count). The summed E-state index contributed by atoms with van der Waals surface area (Å²) in [6.07, 6.45) is 3.74. The molecule has 0 saturated carbocycles. The summed E-state index contributed by atoms with van der Waals surface area (Å²) in [7, 11) is 0. The Morgan fingerprint density at radius 1 is 1.00 bits per heavy atom. The van der Waals surface area contributed by atoms with Gasteiger partial charge >= 0.3 is 11.6 Å². The van der Waals surface area contributed by atoms with Crippen molar-refractivity contribution in [3.8, 4) is 5.75 Å². The van der Waals surface area contributed by atoms with Crippen LogP contribution in [0.1, 0.15) is 46.6 Å². The molecule has 4 aromatic rings. The predicted octanol–water partition coefficient (Wildman–Crippen LogP) is 4.14. The molecule has 0 saturated heterocycles. The molecule has 0 unspecified atom stereocenters. The summed E-state index contributed by atoms with van der Waals surface area (Å²) in [5.74, 6) is -0.508. The summed E-state index contributed by atoms with van der Waals surface area (Å²) in [5, 5.41) is 1.15. The van der Waals surface area contributed by atoms with Gasteiger partial charge in [-0.1, -0.05) is 12.1 Å². The molecule has 2 aromatic carbocycles. The van der Waals surface area contributed by atoms with Crippen LogP contribution in [0.4, 0.5) is 0 Å². The van der Waals surface area contributed by atoms with Crippen molar-refractivity contribution in [3.05, 3.63) is 85.1 Å². The second-order valence-electron chi connectivity index (χ2n) is 8.26. The monoisotopic (exact) mass is 414 g/mol. The minimum atomic E-state index is -0.495. The highest BCUT2D eigenvalue weighted by atomic mass is 16.5. The smallest absolute Gasteiger partial charge is 0.339 e. The third kappa shape index (κ3) is 2.54. The Hall–Kier alpha value is -3.67. The fraction of sp³-hybridized carbons (Fsp3) is 0.240. The SMILES string of the molecule is Cc1cc2oc(=O)c3c(c2c2c1[C@H](c1coc4ccccc4c1=O)CC(=O)O2)CCC3. The summed E-state index contributed by atoms with van der Waals surface area (Å²) >= 11 is 0. The second kappa shape index (κ2) is 6.41. The number of esters is 1. The molecular weight excluding hydrogens is 396 g/mol. The molecule has 6 nitrogen and oxygen atoms in total. The van der Waals surface area contributed by atoms with Crippen molar-refractivity contribution < 1.29 is 18.4 Å². The van der Waals surface area contributed by atoms with E-state index in [1.54, 1.807) is 18.2 Å². The van der Waals surface area contributed by atoms with E-state index >= 15 is 0 Å². The summed E-state index contributed by atoms with van der Waals surface area (Å²) in [6, 6.07) is 8.87. The predicted molar refractivity (Wildman–Crippen MR) is 114 cm³/mol. The summed E-state index contributed by atoms with van der Waals surface area (Å²) in [5.41, 5.74) is 3.98. The lowest BCUT2D eigenvalue weighted by Gasteiger charge is -2.27. The number of aryl methyl sites for hydroxylation is 2. The molecule has 1 atom stereocenters. The lowest BCUT2D eigenvalue weighted by Crippen LogP contribution is -2.26. The number of hydrogen-bond donors (Lipinski definition) is 0. The molecule has 1 aliphatic heterocycles. The number of carbonyl (C=O) groups excluding carboxylic acids is 1. The Balaban J connectivity index is 1.68. The standard InChI is InChI=1S/C25H18O6/c1-12-9-19-22(13-6-4-7-14(13)25(28)30-19)24-21(12)16(10-20(26)31-24)17-11-29-18-8-3-2-5-15(18)23(17)27/h2-3,5,8-9,11,16H,4,6-7,10H2,1H3/t16-/m0/s1. The molecule has 0 radical (unpaired) electrons. The molecule has 0 spiro atoms. The van der Waals surface area contributed by atoms with Gasteiger partial charge in [-0.2, -0.15) is 0 Å². The minimum absolute atomic E-state index is 0.0431. The van der Waals surface area contributed by atoms with Crippen LogP contribution in [0.2, 0.25) is 0 Å². The third-order valence-corrected chi connectivity index (χ3v) is 6.48. The minimum Gasteiger partial charge on any atom is -0.464 e. The van der Waals surface area contributed by atoms with Crippen molar-refractivity contribution in [2.24, 2.45) is 0 Å². The summed E-state index contributed by atoms with van der Waals surface area (Å²) in [6.45, 7) is 1.88. The maximum atomic E-state index is 13.3. The maximum Gasteiger partial charge on any atom is 0.339 e. The Bertz CT molecular complexity index is 1540. The average Bonchev–Trinajstić information content (AvgIpc) is 3.24. The Kier molecular flexibility index (Phi) is 3.75. The highest BCUT2D eigenvalue weighted by molar-refractivity contribution is 5.95. The first-order valence-corrected chi connectivity index (χ1v) is 10.4. The van der Waals surface area contributed by atoms with Crippen molar-refractivity contribution in [1.29, 1.82) is 0 Å². The zero-order valence-electron chi connectivity index (χ0n) is 16.8. The van der Waals surface area contributed by atoms with E-state index in [9.17, 15) is 14.4 Å². The van der Waals surface area contributed by atoms with Gasteiger partial charge in [0.05, 0.1) is 23.5 Å². The zero-order chi connectivity index (χ0) is 21.3. The molecular formula is C25H18O6. The van der Waals surface area contributed by atoms with E-state index < -0.39 is 11.9 Å². The number of fused-ring (bicyclic) bond motifs is 6. The lowest BCUT2D eigenvalue weighted by atomic mass is 9.82. The highest BCUT2D eigenvalue weighted by Crippen LogP contribution is 2.46. The van der Waals surface area contributed by atoms with Gasteiger partial charge in [-0.3, -0.25) is 9.59 Å². The van der Waals surface area contributed by atoms with Gasteiger partial charge < -0.3 is 13.6 Å². The summed E-state index contributed by atoms with van der Waals surface area (Å²) < 4.78 is 17.1. The first-order valence-electron chi connectivity index (χ1n) is 10.4. The number of benzene rings is 2. The van der Waals surface area contributed by atoms with Gasteiger partial charge in [0.2, 0.25) is 0 Å². The zero-order valence-corrected chi connectivity index (χ0v) is 16.8. The Morgan fingerprint density at radius 2 is 1.81 bits per heavy atom. The van der Waals surface area contributed by atoms with Gasteiger partial charge in [0, 0.05) is 22.6 Å². The van der Waals surface area contributed by atoms with Crippen LogP contribution in [0.15, 0.2) is 55.0 Å². The van der Waals surface area contributed by atoms with Crippen molar-refractivity contribution in [2.75, 3.05) is 0 Å². The van der Waals surface area contributed by atoms with Gasteiger partial charge in [0.15, 0.2) is 5.43 Å². The third-order valence-electron chi connectivity index (χ3n) is 6.48. The van der Waals surface area contributed by atoms with Crippen LogP contribution >= 0.6 is 0 Å². The molecule has 6 heteroatoms. The molecule has 154 valence electrons. The normalized spacial score (nSPS) is 17.6. The van der Waals surface area contributed by atoms with Crippen molar-refractivity contribution in [2.45, 2.75) is 38.5 Å². The molecule has 2 aliphatic rings. The van der Waals surface area contributed by atoms with Crippen molar-refractivity contribution in [3.63, 3.8) is 0 Å². The van der Waals surface area contributed by atoms with Gasteiger partial charge in [0.25, 0.3) is 0 Å². The van der Waals surface area contributed by atoms with Crippen LogP contribution in [0.25, 0.3) is 21.9 Å². The van der Waals surface area contributed by atoms with Crippen LogP contribution in [-0.4, -0.2) is 5.97 Å². The van der Waals surface area contributed by atoms with E-state index in [0.717, 1.165) is 29.5 Å².